The Morgan fingerprint density at radius 1 is 0.950 bits per heavy atom. The average molecular weight is 566 g/mol. The van der Waals surface area contributed by atoms with Crippen molar-refractivity contribution >= 4 is 5.91 Å². The number of carbonyl (C=O) groups is 1. The van der Waals surface area contributed by atoms with Gasteiger partial charge in [-0.2, -0.15) is 0 Å². The summed E-state index contributed by atoms with van der Waals surface area (Å²) in [6, 6.07) is 0. The van der Waals surface area contributed by atoms with Crippen molar-refractivity contribution in [3.8, 4) is 0 Å². The number of rotatable bonds is 4. The molecule has 2 aliphatic heterocycles. The number of likely N-dealkylation sites (tertiary alicyclic amines) is 1. The first-order valence-electron chi connectivity index (χ1n) is 16.4. The molecule has 0 aromatic heterocycles. The highest BCUT2D eigenvalue weighted by molar-refractivity contribution is 5.80. The van der Waals surface area contributed by atoms with E-state index in [1.807, 2.05) is 0 Å². The molecular weight excluding hydrogens is 513 g/mol. The maximum Gasteiger partial charge on any atom is 0.226 e. The fourth-order valence-electron chi connectivity index (χ4n) is 10.5. The molecule has 12 atom stereocenters. The summed E-state index contributed by atoms with van der Waals surface area (Å²) in [7, 11) is 0. The van der Waals surface area contributed by atoms with Crippen LogP contribution in [0.15, 0.2) is 0 Å². The first-order valence-corrected chi connectivity index (χ1v) is 16.4. The van der Waals surface area contributed by atoms with Crippen LogP contribution >= 0.6 is 0 Å². The Labute approximate surface area is 239 Å². The van der Waals surface area contributed by atoms with E-state index >= 15 is 0 Å². The number of carbonyl (C=O) groups excluding carboxylic acids is 1. The van der Waals surface area contributed by atoms with Crippen molar-refractivity contribution in [1.29, 1.82) is 0 Å². The third-order valence-corrected chi connectivity index (χ3v) is 12.8. The van der Waals surface area contributed by atoms with Crippen molar-refractivity contribution in [3.05, 3.63) is 0 Å². The molecule has 4 aliphatic carbocycles. The number of alkyl halides is 1. The molecule has 2 unspecified atom stereocenters. The Balaban J connectivity index is 1.12. The van der Waals surface area contributed by atoms with E-state index in [0.29, 0.717) is 29.6 Å². The first kappa shape index (κ1) is 29.3. The predicted octanol–water partition coefficient (Wildman–Crippen LogP) is 4.35. The second kappa shape index (κ2) is 11.4. The molecule has 3 N–H and O–H groups in total. The van der Waals surface area contributed by atoms with Gasteiger partial charge in [-0.3, -0.25) is 4.79 Å². The van der Waals surface area contributed by atoms with Crippen molar-refractivity contribution < 1.29 is 34.0 Å². The fraction of sp³-hybridized carbons (Fsp3) is 0.969. The van der Waals surface area contributed by atoms with Crippen molar-refractivity contribution in [2.24, 2.45) is 35.0 Å². The quantitative estimate of drug-likeness (QED) is 0.439. The number of piperidine rings is 1. The number of ether oxygens (including phenoxy) is 2. The zero-order valence-electron chi connectivity index (χ0n) is 24.6. The summed E-state index contributed by atoms with van der Waals surface area (Å²) in [6.07, 6.45) is 8.03. The summed E-state index contributed by atoms with van der Waals surface area (Å²) in [5.41, 5.74) is 0.201. The highest BCUT2D eigenvalue weighted by atomic mass is 19.1. The van der Waals surface area contributed by atoms with Gasteiger partial charge in [-0.1, -0.05) is 26.2 Å². The van der Waals surface area contributed by atoms with E-state index < -0.39 is 37.4 Å². The van der Waals surface area contributed by atoms with Crippen molar-refractivity contribution in [2.75, 3.05) is 13.2 Å². The van der Waals surface area contributed by atoms with Gasteiger partial charge in [0.15, 0.2) is 12.5 Å². The van der Waals surface area contributed by atoms with Gasteiger partial charge in [0.05, 0.1) is 12.7 Å². The number of fused-ring (bicyclic) bond motifs is 5. The lowest BCUT2D eigenvalue weighted by molar-refractivity contribution is -0.303. The molecule has 0 spiro atoms. The molecule has 0 aromatic carbocycles. The van der Waals surface area contributed by atoms with E-state index in [1.54, 1.807) is 0 Å². The third-order valence-electron chi connectivity index (χ3n) is 12.8. The number of nitrogens with zero attached hydrogens (tertiary/aromatic N) is 1. The highest BCUT2D eigenvalue weighted by Crippen LogP contribution is 2.63. The van der Waals surface area contributed by atoms with Crippen LogP contribution in [0.5, 0.6) is 0 Å². The zero-order valence-corrected chi connectivity index (χ0v) is 24.6. The lowest BCUT2D eigenvalue weighted by atomic mass is 9.45. The number of aliphatic hydroxyl groups is 3. The van der Waals surface area contributed by atoms with E-state index in [-0.39, 0.29) is 23.0 Å². The van der Waals surface area contributed by atoms with E-state index in [4.69, 9.17) is 9.47 Å². The molecule has 6 fully saturated rings. The lowest BCUT2D eigenvalue weighted by Gasteiger charge is -2.64. The van der Waals surface area contributed by atoms with Gasteiger partial charge < -0.3 is 29.7 Å². The Kier molecular flexibility index (Phi) is 8.32. The summed E-state index contributed by atoms with van der Waals surface area (Å²) in [5.74, 6) is 3.04. The minimum Gasteiger partial charge on any atom is -0.394 e. The molecule has 228 valence electrons. The van der Waals surface area contributed by atoms with Crippen LogP contribution in [0, 0.1) is 35.0 Å². The Morgan fingerprint density at radius 3 is 2.48 bits per heavy atom. The number of hydrogen-bond acceptors (Lipinski definition) is 6. The molecule has 0 bridgehead atoms. The minimum absolute atomic E-state index is 0.0133. The molecule has 2 saturated heterocycles. The van der Waals surface area contributed by atoms with Gasteiger partial charge >= 0.3 is 0 Å². The Hall–Kier alpha value is -0.800. The summed E-state index contributed by atoms with van der Waals surface area (Å²) in [5, 5.41) is 29.6. The van der Waals surface area contributed by atoms with Crippen LogP contribution in [-0.4, -0.2) is 81.7 Å². The molecule has 1 amide bonds. The zero-order chi connectivity index (χ0) is 28.2. The van der Waals surface area contributed by atoms with Crippen molar-refractivity contribution in [2.45, 2.75) is 146 Å². The summed E-state index contributed by atoms with van der Waals surface area (Å²) >= 11 is 0. The van der Waals surface area contributed by atoms with E-state index in [2.05, 4.69) is 18.7 Å². The average Bonchev–Trinajstić information content (AvgIpc) is 2.97. The molecule has 0 radical (unpaired) electrons. The van der Waals surface area contributed by atoms with Crippen LogP contribution in [0.2, 0.25) is 0 Å². The number of aliphatic hydroxyl groups excluding tert-OH is 3. The van der Waals surface area contributed by atoms with Gasteiger partial charge in [0, 0.05) is 18.0 Å². The smallest absolute Gasteiger partial charge is 0.226 e. The maximum atomic E-state index is 14.8. The SMILES string of the molecule is C[C@]12CC[C@@H](O[C@@H]3O[C@H](CO)[C@@H](O)[C@H](O)[C@H]3F)CC1CC[C@H]1C3CCCN(C(=O)C4CCCCC4)[C@@]3(C)CC[C@@H]12. The van der Waals surface area contributed by atoms with Gasteiger partial charge in [0.2, 0.25) is 5.91 Å². The Morgan fingerprint density at radius 2 is 1.73 bits per heavy atom. The molecular formula is C32H52FNO6. The fourth-order valence-corrected chi connectivity index (χ4v) is 10.5. The molecule has 2 heterocycles. The van der Waals surface area contributed by atoms with E-state index in [0.717, 1.165) is 57.9 Å². The van der Waals surface area contributed by atoms with E-state index in [1.165, 1.54) is 38.5 Å². The van der Waals surface area contributed by atoms with Gasteiger partial charge in [0.1, 0.15) is 18.3 Å². The summed E-state index contributed by atoms with van der Waals surface area (Å²) in [4.78, 5) is 16.2. The van der Waals surface area contributed by atoms with Gasteiger partial charge in [-0.25, -0.2) is 4.39 Å². The second-order valence-electron chi connectivity index (χ2n) is 14.7. The first-order chi connectivity index (χ1) is 19.2. The van der Waals surface area contributed by atoms with Crippen LogP contribution in [0.3, 0.4) is 0 Å². The normalized spacial score (nSPS) is 50.0. The molecule has 40 heavy (non-hydrogen) atoms. The topological polar surface area (TPSA) is 99.5 Å². The lowest BCUT2D eigenvalue weighted by Crippen LogP contribution is -2.65. The van der Waals surface area contributed by atoms with Crippen LogP contribution in [0.1, 0.15) is 104 Å². The molecule has 6 aliphatic rings. The van der Waals surface area contributed by atoms with Crippen molar-refractivity contribution in [3.63, 3.8) is 0 Å². The number of amides is 1. The molecule has 6 rings (SSSR count). The van der Waals surface area contributed by atoms with Gasteiger partial charge in [-0.15, -0.1) is 0 Å². The van der Waals surface area contributed by atoms with Gasteiger partial charge in [0.25, 0.3) is 0 Å². The third kappa shape index (κ3) is 4.86. The van der Waals surface area contributed by atoms with Crippen molar-refractivity contribution in [1.82, 2.24) is 4.90 Å². The number of halogens is 1. The monoisotopic (exact) mass is 565 g/mol. The minimum atomic E-state index is -1.84. The van der Waals surface area contributed by atoms with Crippen LogP contribution < -0.4 is 0 Å². The number of hydrogen-bond donors (Lipinski definition) is 3. The summed E-state index contributed by atoms with van der Waals surface area (Å²) in [6.45, 7) is 5.33. The van der Waals surface area contributed by atoms with Crippen LogP contribution in [-0.2, 0) is 14.3 Å². The van der Waals surface area contributed by atoms with Gasteiger partial charge in [-0.05, 0) is 107 Å². The highest BCUT2D eigenvalue weighted by Gasteiger charge is 2.60. The van der Waals surface area contributed by atoms with Crippen LogP contribution in [0.4, 0.5) is 4.39 Å². The standard InChI is InChI=1S/C32H52FNO6/c1-31-14-12-21(39-30-26(33)28(37)27(36)25(18-35)40-30)17-20(31)10-11-22-23(31)13-15-32(2)24(22)9-6-16-34(32)29(38)19-7-4-3-5-8-19/h19-28,30,35-37H,3-18H2,1-2H3/t20?,21-,22-,23+,24?,25-,26-,27-,28-,30-,31+,32+/m1/s1. The molecule has 8 heteroatoms. The molecule has 7 nitrogen and oxygen atoms in total. The van der Waals surface area contributed by atoms with E-state index in [9.17, 15) is 24.5 Å². The predicted molar refractivity (Wildman–Crippen MR) is 148 cm³/mol. The van der Waals surface area contributed by atoms with Crippen LogP contribution in [0.25, 0.3) is 0 Å². The second-order valence-corrected chi connectivity index (χ2v) is 14.7. The maximum absolute atomic E-state index is 14.8. The molecule has 0 aromatic rings. The Bertz CT molecular complexity index is 914. The summed E-state index contributed by atoms with van der Waals surface area (Å²) < 4.78 is 26.5. The largest absolute Gasteiger partial charge is 0.394 e. The molecule has 4 saturated carbocycles.